The first kappa shape index (κ1) is 28.0. The van der Waals surface area contributed by atoms with Gasteiger partial charge in [0.15, 0.2) is 11.9 Å². The van der Waals surface area contributed by atoms with Crippen molar-refractivity contribution in [2.24, 2.45) is 0 Å². The van der Waals surface area contributed by atoms with Crippen LogP contribution in [0, 0.1) is 0 Å². The molecule has 29 heavy (non-hydrogen) atoms. The van der Waals surface area contributed by atoms with Gasteiger partial charge in [0.25, 0.3) is 0 Å². The lowest BCUT2D eigenvalue weighted by molar-refractivity contribution is -0.165. The van der Waals surface area contributed by atoms with Crippen LogP contribution in [0.3, 0.4) is 0 Å². The van der Waals surface area contributed by atoms with Crippen molar-refractivity contribution in [3.8, 4) is 0 Å². The first-order valence-electron chi connectivity index (χ1n) is 11.3. The Labute approximate surface area is 175 Å². The average Bonchev–Trinajstić information content (AvgIpc) is 2.71. The zero-order valence-corrected chi connectivity index (χ0v) is 18.0. The molecule has 0 radical (unpaired) electrons. The number of Topliss-reactive ketones (excluding diaryl/α,β-unsaturated/α-hetero) is 1. The van der Waals surface area contributed by atoms with Crippen LogP contribution in [0.25, 0.3) is 0 Å². The Bertz CT molecular complexity index is 427. The van der Waals surface area contributed by atoms with Crippen molar-refractivity contribution in [3.63, 3.8) is 0 Å². The van der Waals surface area contributed by atoms with E-state index in [1.807, 2.05) is 0 Å². The summed E-state index contributed by atoms with van der Waals surface area (Å²) in [6, 6.07) is 0. The second-order valence-corrected chi connectivity index (χ2v) is 8.02. The van der Waals surface area contributed by atoms with Crippen molar-refractivity contribution in [1.82, 2.24) is 0 Å². The molecule has 0 aromatic heterocycles. The zero-order valence-electron chi connectivity index (χ0n) is 18.0. The molecular weight excluding hydrogens is 376 g/mol. The molecule has 0 aromatic carbocycles. The SMILES string of the molecule is CCCCCCCCCCCCCCCCC(=O)C(O)C(O)C(O)C(O)C(=O)O. The van der Waals surface area contributed by atoms with E-state index in [2.05, 4.69) is 6.92 Å². The van der Waals surface area contributed by atoms with Crippen LogP contribution in [-0.2, 0) is 9.59 Å². The summed E-state index contributed by atoms with van der Waals surface area (Å²) in [7, 11) is 0. The largest absolute Gasteiger partial charge is 0.479 e. The minimum absolute atomic E-state index is 0.0478. The van der Waals surface area contributed by atoms with E-state index >= 15 is 0 Å². The summed E-state index contributed by atoms with van der Waals surface area (Å²) in [5.41, 5.74) is 0. The number of rotatable bonds is 20. The highest BCUT2D eigenvalue weighted by molar-refractivity contribution is 5.83. The Morgan fingerprint density at radius 3 is 1.31 bits per heavy atom. The Kier molecular flexibility index (Phi) is 17.2. The monoisotopic (exact) mass is 418 g/mol. The van der Waals surface area contributed by atoms with E-state index in [1.54, 1.807) is 0 Å². The molecular formula is C22H42O7. The summed E-state index contributed by atoms with van der Waals surface area (Å²) < 4.78 is 0. The molecule has 0 rings (SSSR count). The number of aliphatic hydroxyl groups is 4. The van der Waals surface area contributed by atoms with Gasteiger partial charge in [0.1, 0.15) is 18.3 Å². The van der Waals surface area contributed by atoms with E-state index in [-0.39, 0.29) is 6.42 Å². The lowest BCUT2D eigenvalue weighted by Crippen LogP contribution is -2.50. The van der Waals surface area contributed by atoms with E-state index < -0.39 is 36.2 Å². The van der Waals surface area contributed by atoms with Crippen molar-refractivity contribution in [3.05, 3.63) is 0 Å². The van der Waals surface area contributed by atoms with Gasteiger partial charge in [-0.1, -0.05) is 90.4 Å². The highest BCUT2D eigenvalue weighted by Crippen LogP contribution is 2.14. The van der Waals surface area contributed by atoms with Crippen LogP contribution >= 0.6 is 0 Å². The number of hydrogen-bond acceptors (Lipinski definition) is 6. The van der Waals surface area contributed by atoms with E-state index in [9.17, 15) is 30.0 Å². The number of ketones is 1. The topological polar surface area (TPSA) is 135 Å². The van der Waals surface area contributed by atoms with Crippen molar-refractivity contribution < 1.29 is 35.1 Å². The predicted octanol–water partition coefficient (Wildman–Crippen LogP) is 2.96. The number of aliphatic carboxylic acids is 1. The van der Waals surface area contributed by atoms with Gasteiger partial charge in [-0.25, -0.2) is 4.79 Å². The molecule has 0 heterocycles. The van der Waals surface area contributed by atoms with E-state index in [4.69, 9.17) is 5.11 Å². The van der Waals surface area contributed by atoms with Crippen LogP contribution in [0.5, 0.6) is 0 Å². The normalized spacial score (nSPS) is 15.6. The molecule has 0 aromatic rings. The number of hydrogen-bond donors (Lipinski definition) is 5. The molecule has 0 saturated carbocycles. The summed E-state index contributed by atoms with van der Waals surface area (Å²) in [6.07, 6.45) is 8.31. The van der Waals surface area contributed by atoms with Crippen LogP contribution in [0.15, 0.2) is 0 Å². The fraction of sp³-hybridized carbons (Fsp3) is 0.909. The van der Waals surface area contributed by atoms with Gasteiger partial charge >= 0.3 is 5.97 Å². The molecule has 172 valence electrons. The summed E-state index contributed by atoms with van der Waals surface area (Å²) in [5.74, 6) is -2.39. The second kappa shape index (κ2) is 17.8. The molecule has 0 saturated heterocycles. The molecule has 0 bridgehead atoms. The van der Waals surface area contributed by atoms with Crippen molar-refractivity contribution in [2.45, 2.75) is 128 Å². The van der Waals surface area contributed by atoms with Crippen LogP contribution in [0.1, 0.15) is 103 Å². The number of carbonyl (C=O) groups excluding carboxylic acids is 1. The second-order valence-electron chi connectivity index (χ2n) is 8.02. The number of carboxylic acid groups (broad SMARTS) is 1. The Morgan fingerprint density at radius 2 is 0.931 bits per heavy atom. The number of carboxylic acids is 1. The van der Waals surface area contributed by atoms with Gasteiger partial charge < -0.3 is 25.5 Å². The number of unbranched alkanes of at least 4 members (excludes halogenated alkanes) is 13. The molecule has 0 aliphatic carbocycles. The van der Waals surface area contributed by atoms with Crippen molar-refractivity contribution >= 4 is 11.8 Å². The average molecular weight is 419 g/mol. The van der Waals surface area contributed by atoms with Crippen LogP contribution in [0.4, 0.5) is 0 Å². The fourth-order valence-corrected chi connectivity index (χ4v) is 3.35. The first-order chi connectivity index (χ1) is 13.8. The fourth-order valence-electron chi connectivity index (χ4n) is 3.35. The highest BCUT2D eigenvalue weighted by Gasteiger charge is 2.36. The lowest BCUT2D eigenvalue weighted by atomic mass is 9.97. The molecule has 7 heteroatoms. The van der Waals surface area contributed by atoms with Gasteiger partial charge in [-0.05, 0) is 6.42 Å². The van der Waals surface area contributed by atoms with Crippen molar-refractivity contribution in [1.29, 1.82) is 0 Å². The van der Waals surface area contributed by atoms with Crippen LogP contribution in [-0.4, -0.2) is 61.7 Å². The summed E-state index contributed by atoms with van der Waals surface area (Å²) in [6.45, 7) is 2.23. The summed E-state index contributed by atoms with van der Waals surface area (Å²) in [5, 5.41) is 46.6. The number of aliphatic hydroxyl groups excluding tert-OH is 4. The molecule has 0 amide bonds. The summed E-state index contributed by atoms with van der Waals surface area (Å²) in [4.78, 5) is 22.4. The third kappa shape index (κ3) is 13.8. The first-order valence-corrected chi connectivity index (χ1v) is 11.3. The molecule has 0 fully saturated rings. The van der Waals surface area contributed by atoms with Crippen molar-refractivity contribution in [2.75, 3.05) is 0 Å². The molecule has 7 nitrogen and oxygen atoms in total. The minimum atomic E-state index is -2.26. The van der Waals surface area contributed by atoms with Gasteiger partial charge in [0.2, 0.25) is 0 Å². The maximum atomic E-state index is 11.8. The van der Waals surface area contributed by atoms with E-state index in [1.165, 1.54) is 64.2 Å². The zero-order chi connectivity index (χ0) is 22.1. The maximum Gasteiger partial charge on any atom is 0.335 e. The minimum Gasteiger partial charge on any atom is -0.479 e. The molecule has 5 N–H and O–H groups in total. The quantitative estimate of drug-likeness (QED) is 0.192. The van der Waals surface area contributed by atoms with Gasteiger partial charge in [0, 0.05) is 6.42 Å². The molecule has 0 spiro atoms. The van der Waals surface area contributed by atoms with E-state index in [0.29, 0.717) is 6.42 Å². The standard InChI is InChI=1S/C22H42O7/c1-2-3-4-5-6-7-8-9-10-11-12-13-14-15-16-17(23)18(24)19(25)20(26)21(27)22(28)29/h18-21,24-27H,2-16H2,1H3,(H,28,29). The Hall–Kier alpha value is -1.02. The van der Waals surface area contributed by atoms with Gasteiger partial charge in [0.05, 0.1) is 0 Å². The van der Waals surface area contributed by atoms with Gasteiger partial charge in [-0.2, -0.15) is 0 Å². The van der Waals surface area contributed by atoms with Crippen LogP contribution in [0.2, 0.25) is 0 Å². The van der Waals surface area contributed by atoms with Gasteiger partial charge in [-0.3, -0.25) is 4.79 Å². The molecule has 4 atom stereocenters. The number of carbonyl (C=O) groups is 2. The predicted molar refractivity (Wildman–Crippen MR) is 112 cm³/mol. The molecule has 0 aliphatic rings. The van der Waals surface area contributed by atoms with E-state index in [0.717, 1.165) is 19.3 Å². The molecule has 4 unspecified atom stereocenters. The third-order valence-corrected chi connectivity index (χ3v) is 5.36. The van der Waals surface area contributed by atoms with Crippen LogP contribution < -0.4 is 0 Å². The molecule has 0 aliphatic heterocycles. The summed E-state index contributed by atoms with van der Waals surface area (Å²) >= 11 is 0. The van der Waals surface area contributed by atoms with Gasteiger partial charge in [-0.15, -0.1) is 0 Å². The lowest BCUT2D eigenvalue weighted by Gasteiger charge is -2.23. The smallest absolute Gasteiger partial charge is 0.335 e. The Morgan fingerprint density at radius 1 is 0.586 bits per heavy atom. The Balaban J connectivity index is 3.63. The highest BCUT2D eigenvalue weighted by atomic mass is 16.4. The maximum absolute atomic E-state index is 11.8. The third-order valence-electron chi connectivity index (χ3n) is 5.36.